The molecule has 7 nitrogen and oxygen atoms in total. The van der Waals surface area contributed by atoms with E-state index in [2.05, 4.69) is 54.1 Å². The van der Waals surface area contributed by atoms with Crippen LogP contribution in [0.1, 0.15) is 5.56 Å². The van der Waals surface area contributed by atoms with Crippen LogP contribution in [0.2, 0.25) is 0 Å². The molecule has 0 aliphatic rings. The summed E-state index contributed by atoms with van der Waals surface area (Å²) in [6.07, 6.45) is 5.15. The van der Waals surface area contributed by atoms with Gasteiger partial charge in [0.15, 0.2) is 5.82 Å². The average molecular weight is 489 g/mol. The number of rotatable bonds is 3. The van der Waals surface area contributed by atoms with Crippen molar-refractivity contribution in [2.24, 2.45) is 0 Å². The van der Waals surface area contributed by atoms with Gasteiger partial charge in [0.05, 0.1) is 22.8 Å². The molecule has 29 heavy (non-hydrogen) atoms. The molecule has 0 radical (unpaired) electrons. The van der Waals surface area contributed by atoms with Crippen LogP contribution in [0.5, 0.6) is 0 Å². The minimum atomic E-state index is 0.619. The molecule has 5 aromatic rings. The van der Waals surface area contributed by atoms with E-state index in [9.17, 15) is 0 Å². The summed E-state index contributed by atoms with van der Waals surface area (Å²) in [6, 6.07) is 15.6. The number of H-pyrrole nitrogens is 1. The first-order valence-electron chi connectivity index (χ1n) is 8.74. The van der Waals surface area contributed by atoms with Gasteiger partial charge in [0.25, 0.3) is 0 Å². The van der Waals surface area contributed by atoms with Crippen molar-refractivity contribution in [2.75, 3.05) is 5.32 Å². The van der Waals surface area contributed by atoms with E-state index in [4.69, 9.17) is 10.2 Å². The minimum absolute atomic E-state index is 0.619. The lowest BCUT2D eigenvalue weighted by Gasteiger charge is -2.14. The fourth-order valence-corrected chi connectivity index (χ4v) is 3.96. The summed E-state index contributed by atoms with van der Waals surface area (Å²) in [7, 11) is 0. The molecule has 0 fully saturated rings. The number of nitrogens with one attached hydrogen (secondary N) is 2. The molecule has 2 aromatic carbocycles. The van der Waals surface area contributed by atoms with E-state index in [1.54, 1.807) is 18.6 Å². The highest BCUT2D eigenvalue weighted by atomic mass is 127. The monoisotopic (exact) mass is 489 g/mol. The van der Waals surface area contributed by atoms with Gasteiger partial charge in [-0.2, -0.15) is 5.26 Å². The number of halogens is 1. The van der Waals surface area contributed by atoms with Crippen molar-refractivity contribution < 1.29 is 0 Å². The molecule has 0 amide bonds. The largest absolute Gasteiger partial charge is 0.339 e. The highest BCUT2D eigenvalue weighted by molar-refractivity contribution is 14.1. The first-order chi connectivity index (χ1) is 14.2. The van der Waals surface area contributed by atoms with Crippen molar-refractivity contribution in [3.05, 3.63) is 70.3 Å². The lowest BCUT2D eigenvalue weighted by molar-refractivity contribution is 1.10. The van der Waals surface area contributed by atoms with Crippen LogP contribution >= 0.6 is 22.6 Å². The van der Waals surface area contributed by atoms with Gasteiger partial charge in [-0.25, -0.2) is 4.98 Å². The molecule has 0 aliphatic heterocycles. The van der Waals surface area contributed by atoms with Gasteiger partial charge in [-0.15, -0.1) is 10.2 Å². The number of hydrogen-bond donors (Lipinski definition) is 2. The molecular formula is C21H12IN7. The van der Waals surface area contributed by atoms with Gasteiger partial charge in [-0.3, -0.25) is 4.98 Å². The zero-order valence-corrected chi connectivity index (χ0v) is 17.0. The number of fused-ring (bicyclic) bond motifs is 3. The maximum absolute atomic E-state index is 9.12. The zero-order chi connectivity index (χ0) is 19.8. The number of para-hydroxylation sites is 1. The van der Waals surface area contributed by atoms with Crippen molar-refractivity contribution in [1.29, 1.82) is 5.26 Å². The molecule has 5 rings (SSSR count). The Morgan fingerprint density at radius 2 is 2.00 bits per heavy atom. The molecule has 0 saturated carbocycles. The normalized spacial score (nSPS) is 10.9. The summed E-state index contributed by atoms with van der Waals surface area (Å²) < 4.78 is 0.939. The summed E-state index contributed by atoms with van der Waals surface area (Å²) in [5.41, 5.74) is 3.17. The molecule has 0 aliphatic carbocycles. The summed E-state index contributed by atoms with van der Waals surface area (Å²) in [4.78, 5) is 12.3. The lowest BCUT2D eigenvalue weighted by Crippen LogP contribution is -1.99. The van der Waals surface area contributed by atoms with E-state index in [0.717, 1.165) is 36.5 Å². The Kier molecular flexibility index (Phi) is 4.29. The first kappa shape index (κ1) is 17.5. The molecule has 0 unspecified atom stereocenters. The molecule has 8 heteroatoms. The fourth-order valence-electron chi connectivity index (χ4n) is 3.31. The van der Waals surface area contributed by atoms with Crippen LogP contribution in [-0.2, 0) is 0 Å². The molecule has 0 atom stereocenters. The fraction of sp³-hybridized carbons (Fsp3) is 0. The number of benzene rings is 2. The van der Waals surface area contributed by atoms with Crippen molar-refractivity contribution in [3.8, 4) is 17.5 Å². The number of anilines is 2. The average Bonchev–Trinajstić information content (AvgIpc) is 3.29. The SMILES string of the molecule is N#Cc1ccc(Nc2nc3c(-c4nnc[nH]4)cccc3c3cnccc23)c(I)c1. The second-order valence-electron chi connectivity index (χ2n) is 6.35. The Morgan fingerprint density at radius 3 is 2.79 bits per heavy atom. The number of nitrogens with zero attached hydrogens (tertiary/aromatic N) is 5. The second-order valence-corrected chi connectivity index (χ2v) is 7.51. The van der Waals surface area contributed by atoms with Gasteiger partial charge >= 0.3 is 0 Å². The number of nitriles is 1. The number of aromatic nitrogens is 5. The third-order valence-electron chi connectivity index (χ3n) is 4.65. The van der Waals surface area contributed by atoms with E-state index in [1.165, 1.54) is 0 Å². The predicted molar refractivity (Wildman–Crippen MR) is 120 cm³/mol. The molecule has 3 heterocycles. The van der Waals surface area contributed by atoms with Crippen LogP contribution < -0.4 is 5.32 Å². The van der Waals surface area contributed by atoms with Gasteiger partial charge in [0.2, 0.25) is 0 Å². The van der Waals surface area contributed by atoms with E-state index in [0.29, 0.717) is 17.2 Å². The van der Waals surface area contributed by atoms with Gasteiger partial charge < -0.3 is 10.3 Å². The molecule has 0 saturated heterocycles. The van der Waals surface area contributed by atoms with Gasteiger partial charge in [-0.1, -0.05) is 12.1 Å². The zero-order valence-electron chi connectivity index (χ0n) is 14.9. The van der Waals surface area contributed by atoms with Crippen LogP contribution in [0.25, 0.3) is 33.1 Å². The second kappa shape index (κ2) is 7.10. The van der Waals surface area contributed by atoms with Crippen LogP contribution in [0.4, 0.5) is 11.5 Å². The first-order valence-corrected chi connectivity index (χ1v) is 9.82. The molecule has 2 N–H and O–H groups in total. The third-order valence-corrected chi connectivity index (χ3v) is 5.54. The van der Waals surface area contributed by atoms with E-state index >= 15 is 0 Å². The van der Waals surface area contributed by atoms with Crippen molar-refractivity contribution in [1.82, 2.24) is 25.1 Å². The van der Waals surface area contributed by atoms with Crippen LogP contribution in [-0.4, -0.2) is 25.1 Å². The van der Waals surface area contributed by atoms with Crippen molar-refractivity contribution >= 4 is 55.8 Å². The minimum Gasteiger partial charge on any atom is -0.339 e. The van der Waals surface area contributed by atoms with Gasteiger partial charge in [-0.05, 0) is 52.9 Å². The topological polar surface area (TPSA) is 103 Å². The maximum Gasteiger partial charge on any atom is 0.163 e. The Balaban J connectivity index is 1.76. The number of pyridine rings is 2. The Hall–Kier alpha value is -3.58. The predicted octanol–water partition coefficient (Wildman–Crippen LogP) is 4.79. The summed E-state index contributed by atoms with van der Waals surface area (Å²) in [6.45, 7) is 0. The summed E-state index contributed by atoms with van der Waals surface area (Å²) in [5, 5.41) is 23.5. The lowest BCUT2D eigenvalue weighted by atomic mass is 10.0. The standard InChI is InChI=1S/C21H12IN7/c22-17-8-12(9-23)4-5-18(17)27-21-14-6-7-24-10-16(14)13-2-1-3-15(19(13)28-21)20-25-11-26-29-20/h1-8,10-11H,(H,27,28)(H,25,26,29). The molecule has 3 aromatic heterocycles. The third kappa shape index (κ3) is 3.05. The molecule has 138 valence electrons. The molecule has 0 spiro atoms. The Bertz CT molecular complexity index is 1400. The van der Waals surface area contributed by atoms with Gasteiger partial charge in [0, 0.05) is 37.7 Å². The Labute approximate surface area is 179 Å². The Morgan fingerprint density at radius 1 is 1.07 bits per heavy atom. The van der Waals surface area contributed by atoms with E-state index < -0.39 is 0 Å². The summed E-state index contributed by atoms with van der Waals surface area (Å²) >= 11 is 2.22. The van der Waals surface area contributed by atoms with Crippen molar-refractivity contribution in [3.63, 3.8) is 0 Å². The number of aromatic amines is 1. The molecule has 0 bridgehead atoms. The highest BCUT2D eigenvalue weighted by Crippen LogP contribution is 2.35. The quantitative estimate of drug-likeness (QED) is 0.279. The van der Waals surface area contributed by atoms with E-state index in [-0.39, 0.29) is 0 Å². The maximum atomic E-state index is 9.12. The van der Waals surface area contributed by atoms with Crippen LogP contribution in [0.15, 0.2) is 61.2 Å². The smallest absolute Gasteiger partial charge is 0.163 e. The van der Waals surface area contributed by atoms with Crippen LogP contribution in [0, 0.1) is 14.9 Å². The van der Waals surface area contributed by atoms with E-state index in [1.807, 2.05) is 42.6 Å². The molecular weight excluding hydrogens is 477 g/mol. The highest BCUT2D eigenvalue weighted by Gasteiger charge is 2.14. The number of hydrogen-bond acceptors (Lipinski definition) is 6. The summed E-state index contributed by atoms with van der Waals surface area (Å²) in [5.74, 6) is 1.37. The van der Waals surface area contributed by atoms with Crippen LogP contribution in [0.3, 0.4) is 0 Å². The van der Waals surface area contributed by atoms with Gasteiger partial charge in [0.1, 0.15) is 12.1 Å². The van der Waals surface area contributed by atoms with Crippen molar-refractivity contribution in [2.45, 2.75) is 0 Å².